The van der Waals surface area contributed by atoms with Crippen molar-refractivity contribution in [3.63, 3.8) is 0 Å². The van der Waals surface area contributed by atoms with Crippen LogP contribution in [0.5, 0.6) is 0 Å². The Balaban J connectivity index is 0.00000364. The highest BCUT2D eigenvalue weighted by atomic mass is 127. The van der Waals surface area contributed by atoms with Crippen LogP contribution in [0.15, 0.2) is 4.99 Å². The van der Waals surface area contributed by atoms with E-state index in [1.807, 2.05) is 0 Å². The number of piperidine rings is 2. The maximum atomic E-state index is 11.6. The normalized spacial score (nSPS) is 25.0. The molecule has 27 heavy (non-hydrogen) atoms. The number of hydrogen-bond donors (Lipinski definition) is 2. The zero-order valence-corrected chi connectivity index (χ0v) is 20.0. The number of aliphatic imine (C=N–C) groups is 1. The number of amides is 1. The molecule has 0 aromatic heterocycles. The Morgan fingerprint density at radius 3 is 2.33 bits per heavy atom. The van der Waals surface area contributed by atoms with Crippen LogP contribution in [0, 0.1) is 17.8 Å². The number of carbonyl (C=O) groups is 1. The Bertz CT molecular complexity index is 455. The molecule has 0 bridgehead atoms. The van der Waals surface area contributed by atoms with Crippen molar-refractivity contribution >= 4 is 35.8 Å². The molecule has 2 unspecified atom stereocenters. The van der Waals surface area contributed by atoms with Crippen molar-refractivity contribution in [2.45, 2.75) is 46.5 Å². The first kappa shape index (κ1) is 24.5. The lowest BCUT2D eigenvalue weighted by Crippen LogP contribution is -2.46. The van der Waals surface area contributed by atoms with Gasteiger partial charge >= 0.3 is 0 Å². The highest BCUT2D eigenvalue weighted by Gasteiger charge is 2.24. The molecule has 0 aromatic rings. The van der Waals surface area contributed by atoms with Crippen LogP contribution in [0.2, 0.25) is 0 Å². The van der Waals surface area contributed by atoms with E-state index >= 15 is 0 Å². The van der Waals surface area contributed by atoms with E-state index < -0.39 is 0 Å². The average Bonchev–Trinajstić information content (AvgIpc) is 2.61. The van der Waals surface area contributed by atoms with Crippen molar-refractivity contribution < 1.29 is 4.79 Å². The Hall–Kier alpha value is -0.570. The van der Waals surface area contributed by atoms with E-state index in [1.165, 1.54) is 19.5 Å². The van der Waals surface area contributed by atoms with Gasteiger partial charge in [0, 0.05) is 52.7 Å². The molecule has 1 amide bonds. The minimum absolute atomic E-state index is 0. The molecule has 2 N–H and O–H groups in total. The number of carbonyl (C=O) groups excluding carboxylic acids is 1. The fraction of sp³-hybridized carbons (Fsp3) is 0.900. The van der Waals surface area contributed by atoms with Gasteiger partial charge in [-0.1, -0.05) is 13.8 Å². The summed E-state index contributed by atoms with van der Waals surface area (Å²) in [5, 5.41) is 6.19. The van der Waals surface area contributed by atoms with Gasteiger partial charge in [0.2, 0.25) is 5.91 Å². The first-order valence-electron chi connectivity index (χ1n) is 10.5. The Morgan fingerprint density at radius 2 is 1.78 bits per heavy atom. The van der Waals surface area contributed by atoms with E-state index in [9.17, 15) is 4.79 Å². The van der Waals surface area contributed by atoms with Crippen molar-refractivity contribution in [2.75, 3.05) is 52.9 Å². The molecule has 7 heteroatoms. The summed E-state index contributed by atoms with van der Waals surface area (Å²) < 4.78 is 0. The van der Waals surface area contributed by atoms with Crippen LogP contribution < -0.4 is 10.6 Å². The topological polar surface area (TPSA) is 60.0 Å². The SMILES string of the molecule is CCNC(=NCCN1CC(C)CC(C)C1)N1CCC(CC(=O)NC)CC1.I. The molecule has 0 saturated carbocycles. The van der Waals surface area contributed by atoms with Crippen LogP contribution in [0.3, 0.4) is 0 Å². The fourth-order valence-corrected chi connectivity index (χ4v) is 4.41. The monoisotopic (exact) mass is 493 g/mol. The second-order valence-electron chi connectivity index (χ2n) is 8.25. The molecule has 2 rings (SSSR count). The lowest BCUT2D eigenvalue weighted by Gasteiger charge is -2.35. The second kappa shape index (κ2) is 12.8. The van der Waals surface area contributed by atoms with Crippen molar-refractivity contribution in [1.82, 2.24) is 20.4 Å². The van der Waals surface area contributed by atoms with Crippen molar-refractivity contribution in [2.24, 2.45) is 22.7 Å². The summed E-state index contributed by atoms with van der Waals surface area (Å²) in [6, 6.07) is 0. The molecule has 2 fully saturated rings. The first-order valence-corrected chi connectivity index (χ1v) is 10.5. The average molecular weight is 493 g/mol. The summed E-state index contributed by atoms with van der Waals surface area (Å²) in [6.45, 7) is 14.1. The van der Waals surface area contributed by atoms with Gasteiger partial charge in [-0.3, -0.25) is 9.79 Å². The number of hydrogen-bond acceptors (Lipinski definition) is 3. The molecule has 0 aliphatic carbocycles. The standard InChI is InChI=1S/C20H39N5O.HI/c1-5-22-20(23-8-11-24-14-16(2)12-17(3)15-24)25-9-6-18(7-10-25)13-19(26)21-4;/h16-18H,5-15H2,1-4H3,(H,21,26)(H,22,23);1H. The Kier molecular flexibility index (Phi) is 11.6. The summed E-state index contributed by atoms with van der Waals surface area (Å²) in [4.78, 5) is 21.4. The van der Waals surface area contributed by atoms with E-state index in [2.05, 4.69) is 41.2 Å². The summed E-state index contributed by atoms with van der Waals surface area (Å²) in [6.07, 6.45) is 4.15. The third-order valence-electron chi connectivity index (χ3n) is 5.62. The predicted molar refractivity (Wildman–Crippen MR) is 124 cm³/mol. The van der Waals surface area contributed by atoms with Gasteiger partial charge in [0.25, 0.3) is 0 Å². The zero-order chi connectivity index (χ0) is 18.9. The van der Waals surface area contributed by atoms with Crippen LogP contribution in [-0.2, 0) is 4.79 Å². The van der Waals surface area contributed by atoms with Gasteiger partial charge in [0.1, 0.15) is 0 Å². The number of rotatable bonds is 6. The van der Waals surface area contributed by atoms with Gasteiger partial charge in [0.05, 0.1) is 6.54 Å². The molecule has 2 aliphatic rings. The molecule has 0 radical (unpaired) electrons. The smallest absolute Gasteiger partial charge is 0.220 e. The minimum atomic E-state index is 0. The van der Waals surface area contributed by atoms with Crippen LogP contribution >= 0.6 is 24.0 Å². The van der Waals surface area contributed by atoms with E-state index in [1.54, 1.807) is 7.05 Å². The maximum Gasteiger partial charge on any atom is 0.220 e. The maximum absolute atomic E-state index is 11.6. The number of guanidine groups is 1. The van der Waals surface area contributed by atoms with Gasteiger partial charge in [0.15, 0.2) is 5.96 Å². The van der Waals surface area contributed by atoms with Gasteiger partial charge < -0.3 is 20.4 Å². The van der Waals surface area contributed by atoms with E-state index in [-0.39, 0.29) is 29.9 Å². The van der Waals surface area contributed by atoms with Gasteiger partial charge in [-0.15, -0.1) is 24.0 Å². The third kappa shape index (κ3) is 8.54. The molecule has 2 atom stereocenters. The Labute approximate surface area is 182 Å². The quantitative estimate of drug-likeness (QED) is 0.339. The number of nitrogens with zero attached hydrogens (tertiary/aromatic N) is 3. The molecule has 158 valence electrons. The number of likely N-dealkylation sites (tertiary alicyclic amines) is 2. The lowest BCUT2D eigenvalue weighted by atomic mass is 9.92. The van der Waals surface area contributed by atoms with Gasteiger partial charge in [-0.05, 0) is 43.9 Å². The van der Waals surface area contributed by atoms with Crippen molar-refractivity contribution in [3.8, 4) is 0 Å². The molecule has 2 aliphatic heterocycles. The van der Waals surface area contributed by atoms with Gasteiger partial charge in [-0.25, -0.2) is 0 Å². The summed E-state index contributed by atoms with van der Waals surface area (Å²) in [5.41, 5.74) is 0. The van der Waals surface area contributed by atoms with Crippen molar-refractivity contribution in [1.29, 1.82) is 0 Å². The second-order valence-corrected chi connectivity index (χ2v) is 8.25. The fourth-order valence-electron chi connectivity index (χ4n) is 4.41. The summed E-state index contributed by atoms with van der Waals surface area (Å²) in [7, 11) is 1.72. The summed E-state index contributed by atoms with van der Waals surface area (Å²) in [5.74, 6) is 3.31. The molecular weight excluding hydrogens is 453 g/mol. The molecule has 2 heterocycles. The third-order valence-corrected chi connectivity index (χ3v) is 5.62. The van der Waals surface area contributed by atoms with Crippen molar-refractivity contribution in [3.05, 3.63) is 0 Å². The molecule has 0 aromatic carbocycles. The number of halogens is 1. The van der Waals surface area contributed by atoms with E-state index in [0.29, 0.717) is 12.3 Å². The first-order chi connectivity index (χ1) is 12.5. The molecule has 0 spiro atoms. The van der Waals surface area contributed by atoms with E-state index in [4.69, 9.17) is 4.99 Å². The van der Waals surface area contributed by atoms with Gasteiger partial charge in [-0.2, -0.15) is 0 Å². The van der Waals surface area contributed by atoms with Crippen LogP contribution in [0.1, 0.15) is 46.5 Å². The highest BCUT2D eigenvalue weighted by molar-refractivity contribution is 14.0. The largest absolute Gasteiger partial charge is 0.359 e. The molecular formula is C20H40IN5O. The molecule has 6 nitrogen and oxygen atoms in total. The van der Waals surface area contributed by atoms with E-state index in [0.717, 1.165) is 63.4 Å². The number of nitrogens with one attached hydrogen (secondary N) is 2. The minimum Gasteiger partial charge on any atom is -0.359 e. The zero-order valence-electron chi connectivity index (χ0n) is 17.7. The summed E-state index contributed by atoms with van der Waals surface area (Å²) >= 11 is 0. The predicted octanol–water partition coefficient (Wildman–Crippen LogP) is 2.40. The molecule has 2 saturated heterocycles. The van der Waals surface area contributed by atoms with Crippen LogP contribution in [0.4, 0.5) is 0 Å². The van der Waals surface area contributed by atoms with Crippen LogP contribution in [-0.4, -0.2) is 74.5 Å². The highest BCUT2D eigenvalue weighted by Crippen LogP contribution is 2.21. The lowest BCUT2D eigenvalue weighted by molar-refractivity contribution is -0.121. The van der Waals surface area contributed by atoms with Crippen LogP contribution in [0.25, 0.3) is 0 Å². The Morgan fingerprint density at radius 1 is 1.15 bits per heavy atom.